The summed E-state index contributed by atoms with van der Waals surface area (Å²) in [5, 5.41) is 3.69. The minimum Gasteiger partial charge on any atom is -0.493 e. The predicted molar refractivity (Wildman–Crippen MR) is 89.7 cm³/mol. The summed E-state index contributed by atoms with van der Waals surface area (Å²) in [5.74, 6) is 1.90. The lowest BCUT2D eigenvalue weighted by atomic mass is 10.0. The van der Waals surface area contributed by atoms with E-state index in [9.17, 15) is 0 Å². The number of hydrogen-bond donors (Lipinski definition) is 1. The molecule has 1 atom stereocenters. The second-order valence-electron chi connectivity index (χ2n) is 6.26. The van der Waals surface area contributed by atoms with Crippen molar-refractivity contribution in [1.82, 2.24) is 15.3 Å². The molecule has 0 radical (unpaired) electrons. The average Bonchev–Trinajstić information content (AvgIpc) is 3.09. The maximum Gasteiger partial charge on any atom is 0.225 e. The molecule has 5 heteroatoms. The summed E-state index contributed by atoms with van der Waals surface area (Å²) in [6, 6.07) is 8.89. The van der Waals surface area contributed by atoms with Crippen molar-refractivity contribution in [3.63, 3.8) is 0 Å². The van der Waals surface area contributed by atoms with Gasteiger partial charge in [-0.05, 0) is 36.1 Å². The topological polar surface area (TPSA) is 50.3 Å². The number of nitrogens with zero attached hydrogens (tertiary/aromatic N) is 3. The van der Waals surface area contributed by atoms with Gasteiger partial charge in [-0.15, -0.1) is 0 Å². The molecule has 2 aliphatic heterocycles. The summed E-state index contributed by atoms with van der Waals surface area (Å²) >= 11 is 0. The van der Waals surface area contributed by atoms with E-state index in [1.165, 1.54) is 24.0 Å². The van der Waals surface area contributed by atoms with Gasteiger partial charge in [0.25, 0.3) is 0 Å². The van der Waals surface area contributed by atoms with Crippen LogP contribution in [0.1, 0.15) is 24.0 Å². The summed E-state index contributed by atoms with van der Waals surface area (Å²) in [5.41, 5.74) is 2.68. The zero-order chi connectivity index (χ0) is 15.5. The Morgan fingerprint density at radius 2 is 2.17 bits per heavy atom. The molecular formula is C18H22N4O. The van der Waals surface area contributed by atoms with Crippen LogP contribution in [0.3, 0.4) is 0 Å². The maximum absolute atomic E-state index is 5.57. The third-order valence-corrected chi connectivity index (χ3v) is 4.61. The van der Waals surface area contributed by atoms with E-state index in [2.05, 4.69) is 38.4 Å². The highest BCUT2D eigenvalue weighted by Gasteiger charge is 2.21. The van der Waals surface area contributed by atoms with Crippen molar-refractivity contribution in [2.75, 3.05) is 24.6 Å². The molecule has 2 aliphatic rings. The number of benzene rings is 1. The van der Waals surface area contributed by atoms with E-state index in [0.717, 1.165) is 44.4 Å². The first-order valence-corrected chi connectivity index (χ1v) is 8.38. The van der Waals surface area contributed by atoms with Gasteiger partial charge < -0.3 is 15.0 Å². The molecule has 2 aromatic rings. The predicted octanol–water partition coefficient (Wildman–Crippen LogP) is 2.17. The quantitative estimate of drug-likeness (QED) is 0.938. The zero-order valence-electron chi connectivity index (χ0n) is 13.2. The number of nitrogens with one attached hydrogen (secondary N) is 1. The number of ether oxygens (including phenoxy) is 1. The monoisotopic (exact) mass is 310 g/mol. The van der Waals surface area contributed by atoms with Crippen LogP contribution < -0.4 is 15.0 Å². The standard InChI is InChI=1S/C18H22N4O/c1-3-16(13-22(9-1)18-19-7-2-8-20-18)21-12-14-4-5-17-15(11-14)6-10-23-17/h2,4-5,7-8,11,16,21H,1,3,6,9-10,12-13H2/t16-/m1/s1. The first-order chi connectivity index (χ1) is 11.4. The molecule has 1 aromatic carbocycles. The minimum absolute atomic E-state index is 0.483. The van der Waals surface area contributed by atoms with E-state index in [4.69, 9.17) is 4.74 Å². The highest BCUT2D eigenvalue weighted by molar-refractivity contribution is 5.39. The van der Waals surface area contributed by atoms with Gasteiger partial charge in [-0.2, -0.15) is 0 Å². The van der Waals surface area contributed by atoms with E-state index in [1.807, 2.05) is 18.5 Å². The van der Waals surface area contributed by atoms with Crippen molar-refractivity contribution < 1.29 is 4.74 Å². The third-order valence-electron chi connectivity index (χ3n) is 4.61. The second-order valence-corrected chi connectivity index (χ2v) is 6.26. The summed E-state index contributed by atoms with van der Waals surface area (Å²) in [7, 11) is 0. The van der Waals surface area contributed by atoms with Crippen molar-refractivity contribution in [1.29, 1.82) is 0 Å². The van der Waals surface area contributed by atoms with Crippen LogP contribution >= 0.6 is 0 Å². The van der Waals surface area contributed by atoms with Crippen LogP contribution in [0, 0.1) is 0 Å². The van der Waals surface area contributed by atoms with Gasteiger partial charge in [0.05, 0.1) is 6.61 Å². The Balaban J connectivity index is 1.35. The van der Waals surface area contributed by atoms with Gasteiger partial charge in [-0.1, -0.05) is 12.1 Å². The fourth-order valence-corrected chi connectivity index (χ4v) is 3.39. The van der Waals surface area contributed by atoms with Crippen LogP contribution in [-0.2, 0) is 13.0 Å². The Bertz CT molecular complexity index is 661. The molecule has 1 N–H and O–H groups in total. The summed E-state index contributed by atoms with van der Waals surface area (Å²) < 4.78 is 5.57. The van der Waals surface area contributed by atoms with Crippen LogP contribution in [-0.4, -0.2) is 35.7 Å². The van der Waals surface area contributed by atoms with E-state index >= 15 is 0 Å². The molecule has 0 unspecified atom stereocenters. The molecule has 120 valence electrons. The number of aromatic nitrogens is 2. The molecule has 0 bridgehead atoms. The lowest BCUT2D eigenvalue weighted by Crippen LogP contribution is -2.46. The van der Waals surface area contributed by atoms with Gasteiger partial charge in [0.15, 0.2) is 0 Å². The van der Waals surface area contributed by atoms with Gasteiger partial charge in [-0.25, -0.2) is 9.97 Å². The number of rotatable bonds is 4. The number of anilines is 1. The Hall–Kier alpha value is -2.14. The molecule has 1 fully saturated rings. The largest absolute Gasteiger partial charge is 0.493 e. The molecule has 23 heavy (non-hydrogen) atoms. The van der Waals surface area contributed by atoms with Crippen molar-refractivity contribution in [2.24, 2.45) is 0 Å². The summed E-state index contributed by atoms with van der Waals surface area (Å²) in [6.45, 7) is 3.73. The number of piperidine rings is 1. The van der Waals surface area contributed by atoms with E-state index in [0.29, 0.717) is 6.04 Å². The lowest BCUT2D eigenvalue weighted by Gasteiger charge is -2.33. The highest BCUT2D eigenvalue weighted by atomic mass is 16.5. The van der Waals surface area contributed by atoms with Crippen LogP contribution in [0.15, 0.2) is 36.7 Å². The lowest BCUT2D eigenvalue weighted by molar-refractivity contribution is 0.356. The van der Waals surface area contributed by atoms with Crippen LogP contribution in [0.5, 0.6) is 5.75 Å². The van der Waals surface area contributed by atoms with Crippen LogP contribution in [0.25, 0.3) is 0 Å². The van der Waals surface area contributed by atoms with E-state index in [-0.39, 0.29) is 0 Å². The molecule has 0 aliphatic carbocycles. The Labute approximate surface area is 136 Å². The molecule has 1 aromatic heterocycles. The minimum atomic E-state index is 0.483. The zero-order valence-corrected chi connectivity index (χ0v) is 13.2. The smallest absolute Gasteiger partial charge is 0.225 e. The van der Waals surface area contributed by atoms with Gasteiger partial charge in [-0.3, -0.25) is 0 Å². The van der Waals surface area contributed by atoms with Gasteiger partial charge in [0, 0.05) is 44.5 Å². The fourth-order valence-electron chi connectivity index (χ4n) is 3.39. The summed E-state index contributed by atoms with van der Waals surface area (Å²) in [4.78, 5) is 11.0. The van der Waals surface area contributed by atoms with Gasteiger partial charge in [0.1, 0.15) is 5.75 Å². The van der Waals surface area contributed by atoms with Crippen LogP contribution in [0.4, 0.5) is 5.95 Å². The molecule has 3 heterocycles. The van der Waals surface area contributed by atoms with Gasteiger partial charge in [0.2, 0.25) is 5.95 Å². The fraction of sp³-hybridized carbons (Fsp3) is 0.444. The molecule has 1 saturated heterocycles. The molecule has 0 amide bonds. The average molecular weight is 310 g/mol. The molecule has 5 nitrogen and oxygen atoms in total. The van der Waals surface area contributed by atoms with Crippen molar-refractivity contribution in [3.8, 4) is 5.75 Å². The SMILES string of the molecule is c1cnc(N2CCC[C@@H](NCc3ccc4c(c3)CCO4)C2)nc1. The van der Waals surface area contributed by atoms with E-state index in [1.54, 1.807) is 0 Å². The third kappa shape index (κ3) is 3.29. The number of hydrogen-bond acceptors (Lipinski definition) is 5. The second kappa shape index (κ2) is 6.54. The van der Waals surface area contributed by atoms with Crippen molar-refractivity contribution >= 4 is 5.95 Å². The Kier molecular flexibility index (Phi) is 4.11. The summed E-state index contributed by atoms with van der Waals surface area (Å²) in [6.07, 6.45) is 7.04. The molecule has 0 saturated carbocycles. The maximum atomic E-state index is 5.57. The van der Waals surface area contributed by atoms with Crippen LogP contribution in [0.2, 0.25) is 0 Å². The van der Waals surface area contributed by atoms with E-state index < -0.39 is 0 Å². The Morgan fingerprint density at radius 3 is 3.09 bits per heavy atom. The Morgan fingerprint density at radius 1 is 1.26 bits per heavy atom. The van der Waals surface area contributed by atoms with Crippen molar-refractivity contribution in [2.45, 2.75) is 31.8 Å². The first-order valence-electron chi connectivity index (χ1n) is 8.38. The molecule has 4 rings (SSSR count). The molecule has 0 spiro atoms. The van der Waals surface area contributed by atoms with Crippen molar-refractivity contribution in [3.05, 3.63) is 47.8 Å². The number of fused-ring (bicyclic) bond motifs is 1. The molecular weight excluding hydrogens is 288 g/mol. The normalized spacial score (nSPS) is 20.2. The van der Waals surface area contributed by atoms with Gasteiger partial charge >= 0.3 is 0 Å². The first kappa shape index (κ1) is 14.5. The highest BCUT2D eigenvalue weighted by Crippen LogP contribution is 2.26.